The van der Waals surface area contributed by atoms with Crippen LogP contribution < -0.4 is 5.32 Å². The highest BCUT2D eigenvalue weighted by atomic mass is 35.5. The van der Waals surface area contributed by atoms with Crippen LogP contribution in [0.5, 0.6) is 0 Å². The molecule has 0 aliphatic heterocycles. The summed E-state index contributed by atoms with van der Waals surface area (Å²) in [6.07, 6.45) is 0.393. The Morgan fingerprint density at radius 1 is 1.00 bits per heavy atom. The zero-order valence-corrected chi connectivity index (χ0v) is 19.0. The Labute approximate surface area is 188 Å². The number of hydrogen-bond donors (Lipinski definition) is 1. The van der Waals surface area contributed by atoms with Crippen molar-refractivity contribution in [3.05, 3.63) is 87.2 Å². The first kappa shape index (κ1) is 22.4. The first-order chi connectivity index (χ1) is 14.3. The summed E-state index contributed by atoms with van der Waals surface area (Å²) in [5.74, 6) is 0.325. The van der Waals surface area contributed by atoms with Crippen molar-refractivity contribution in [1.29, 1.82) is 0 Å². The Hall–Kier alpha value is -2.30. The minimum atomic E-state index is 0.0184. The highest BCUT2D eigenvalue weighted by molar-refractivity contribution is 6.30. The molecule has 0 bridgehead atoms. The van der Waals surface area contributed by atoms with Crippen LogP contribution in [0.4, 0.5) is 0 Å². The predicted molar refractivity (Wildman–Crippen MR) is 123 cm³/mol. The lowest BCUT2D eigenvalue weighted by atomic mass is 9.82. The van der Waals surface area contributed by atoms with Crippen molar-refractivity contribution in [1.82, 2.24) is 15.1 Å². The van der Waals surface area contributed by atoms with Gasteiger partial charge in [0.05, 0.1) is 5.69 Å². The van der Waals surface area contributed by atoms with Crippen LogP contribution in [-0.2, 0) is 11.3 Å². The SMILES string of the molecule is Cc1cc(C)n(CCC(=O)NCC(c2ccc(Cl)cc2)C(C)c2ccc(Cl)cc2)n1. The first-order valence-corrected chi connectivity index (χ1v) is 10.9. The Kier molecular flexibility index (Phi) is 7.57. The zero-order chi connectivity index (χ0) is 21.7. The molecule has 158 valence electrons. The molecule has 1 heterocycles. The number of carbonyl (C=O) groups is 1. The van der Waals surface area contributed by atoms with Gasteiger partial charge in [-0.3, -0.25) is 9.48 Å². The number of carbonyl (C=O) groups excluding carboxylic acids is 1. The summed E-state index contributed by atoms with van der Waals surface area (Å²) in [5.41, 5.74) is 4.35. The molecule has 3 rings (SSSR count). The Morgan fingerprint density at radius 2 is 1.57 bits per heavy atom. The van der Waals surface area contributed by atoms with E-state index in [0.29, 0.717) is 29.6 Å². The van der Waals surface area contributed by atoms with Gasteiger partial charge in [-0.1, -0.05) is 54.4 Å². The maximum absolute atomic E-state index is 12.5. The van der Waals surface area contributed by atoms with E-state index in [1.807, 2.05) is 73.1 Å². The third kappa shape index (κ3) is 5.87. The molecular formula is C24H27Cl2N3O. The monoisotopic (exact) mass is 443 g/mol. The van der Waals surface area contributed by atoms with Gasteiger partial charge in [0.2, 0.25) is 5.91 Å². The van der Waals surface area contributed by atoms with Gasteiger partial charge in [-0.05, 0) is 61.2 Å². The minimum Gasteiger partial charge on any atom is -0.355 e. The Bertz CT molecular complexity index is 981. The summed E-state index contributed by atoms with van der Waals surface area (Å²) in [6, 6.07) is 17.7. The van der Waals surface area contributed by atoms with E-state index in [-0.39, 0.29) is 17.7 Å². The van der Waals surface area contributed by atoms with E-state index in [2.05, 4.69) is 17.3 Å². The fourth-order valence-corrected chi connectivity index (χ4v) is 3.96. The molecule has 0 aliphatic carbocycles. The molecule has 0 aliphatic rings. The molecule has 4 nitrogen and oxygen atoms in total. The minimum absolute atomic E-state index is 0.0184. The van der Waals surface area contributed by atoms with Gasteiger partial charge in [-0.25, -0.2) is 0 Å². The van der Waals surface area contributed by atoms with Crippen LogP contribution in [0.15, 0.2) is 54.6 Å². The number of nitrogens with one attached hydrogen (secondary N) is 1. The zero-order valence-electron chi connectivity index (χ0n) is 17.5. The Balaban J connectivity index is 1.68. The standard InChI is InChI=1S/C24H27Cl2N3O/c1-16-14-17(2)29(28-16)13-12-24(30)27-15-23(20-6-10-22(26)11-7-20)18(3)19-4-8-21(25)9-5-19/h4-11,14,18,23H,12-13,15H2,1-3H3,(H,27,30). The average molecular weight is 444 g/mol. The lowest BCUT2D eigenvalue weighted by Crippen LogP contribution is -2.31. The van der Waals surface area contributed by atoms with Gasteiger partial charge >= 0.3 is 0 Å². The maximum atomic E-state index is 12.5. The number of aromatic nitrogens is 2. The average Bonchev–Trinajstić information content (AvgIpc) is 3.05. The molecule has 3 aromatic rings. The molecule has 0 fully saturated rings. The van der Waals surface area contributed by atoms with E-state index in [1.54, 1.807) is 0 Å². The fourth-order valence-electron chi connectivity index (χ4n) is 3.71. The number of halogens is 2. The molecule has 1 amide bonds. The summed E-state index contributed by atoms with van der Waals surface area (Å²) in [5, 5.41) is 8.95. The molecular weight excluding hydrogens is 417 g/mol. The summed E-state index contributed by atoms with van der Waals surface area (Å²) in [7, 11) is 0. The van der Waals surface area contributed by atoms with E-state index in [9.17, 15) is 4.79 Å². The van der Waals surface area contributed by atoms with Crippen molar-refractivity contribution in [3.63, 3.8) is 0 Å². The van der Waals surface area contributed by atoms with Gasteiger partial charge in [0.15, 0.2) is 0 Å². The smallest absolute Gasteiger partial charge is 0.221 e. The van der Waals surface area contributed by atoms with Crippen LogP contribution in [0.3, 0.4) is 0 Å². The highest BCUT2D eigenvalue weighted by Gasteiger charge is 2.22. The summed E-state index contributed by atoms with van der Waals surface area (Å²) >= 11 is 12.1. The summed E-state index contributed by atoms with van der Waals surface area (Å²) < 4.78 is 1.88. The van der Waals surface area contributed by atoms with E-state index < -0.39 is 0 Å². The van der Waals surface area contributed by atoms with E-state index in [1.165, 1.54) is 5.56 Å². The van der Waals surface area contributed by atoms with Gasteiger partial charge in [0.1, 0.15) is 0 Å². The van der Waals surface area contributed by atoms with Crippen LogP contribution >= 0.6 is 23.2 Å². The normalized spacial score (nSPS) is 13.1. The number of rotatable bonds is 8. The molecule has 2 aromatic carbocycles. The number of benzene rings is 2. The van der Waals surface area contributed by atoms with Crippen molar-refractivity contribution in [2.45, 2.75) is 45.6 Å². The molecule has 1 aromatic heterocycles. The van der Waals surface area contributed by atoms with E-state index in [4.69, 9.17) is 23.2 Å². The summed E-state index contributed by atoms with van der Waals surface area (Å²) in [4.78, 5) is 12.5. The second-order valence-electron chi connectivity index (χ2n) is 7.70. The van der Waals surface area contributed by atoms with Gasteiger partial charge in [-0.2, -0.15) is 5.10 Å². The molecule has 1 N–H and O–H groups in total. The maximum Gasteiger partial charge on any atom is 0.221 e. The van der Waals surface area contributed by atoms with Crippen LogP contribution in [0.2, 0.25) is 10.0 Å². The number of amides is 1. The van der Waals surface area contributed by atoms with Crippen LogP contribution in [0.1, 0.15) is 47.7 Å². The van der Waals surface area contributed by atoms with Crippen molar-refractivity contribution in [2.75, 3.05) is 6.54 Å². The molecule has 30 heavy (non-hydrogen) atoms. The lowest BCUT2D eigenvalue weighted by molar-refractivity contribution is -0.121. The summed E-state index contributed by atoms with van der Waals surface area (Å²) in [6.45, 7) is 7.25. The molecule has 0 radical (unpaired) electrons. The topological polar surface area (TPSA) is 46.9 Å². The van der Waals surface area contributed by atoms with Crippen molar-refractivity contribution >= 4 is 29.1 Å². The highest BCUT2D eigenvalue weighted by Crippen LogP contribution is 2.33. The first-order valence-electron chi connectivity index (χ1n) is 10.1. The van der Waals surface area contributed by atoms with Crippen molar-refractivity contribution < 1.29 is 4.79 Å². The predicted octanol–water partition coefficient (Wildman–Crippen LogP) is 5.90. The lowest BCUT2D eigenvalue weighted by Gasteiger charge is -2.25. The van der Waals surface area contributed by atoms with Gasteiger partial charge < -0.3 is 5.32 Å². The van der Waals surface area contributed by atoms with Crippen molar-refractivity contribution in [3.8, 4) is 0 Å². The fraction of sp³-hybridized carbons (Fsp3) is 0.333. The molecule has 0 saturated heterocycles. The largest absolute Gasteiger partial charge is 0.355 e. The van der Waals surface area contributed by atoms with Crippen LogP contribution in [0, 0.1) is 13.8 Å². The third-order valence-electron chi connectivity index (χ3n) is 5.47. The number of hydrogen-bond acceptors (Lipinski definition) is 2. The third-order valence-corrected chi connectivity index (χ3v) is 5.97. The van der Waals surface area contributed by atoms with Crippen LogP contribution in [-0.4, -0.2) is 22.2 Å². The number of nitrogens with zero attached hydrogens (tertiary/aromatic N) is 2. The second-order valence-corrected chi connectivity index (χ2v) is 8.58. The van der Waals surface area contributed by atoms with Gasteiger partial charge in [0, 0.05) is 41.2 Å². The quantitative estimate of drug-likeness (QED) is 0.470. The van der Waals surface area contributed by atoms with Crippen molar-refractivity contribution in [2.24, 2.45) is 0 Å². The van der Waals surface area contributed by atoms with E-state index >= 15 is 0 Å². The van der Waals surface area contributed by atoms with Gasteiger partial charge in [0.25, 0.3) is 0 Å². The van der Waals surface area contributed by atoms with Crippen LogP contribution in [0.25, 0.3) is 0 Å². The second kappa shape index (κ2) is 10.1. The molecule has 6 heteroatoms. The molecule has 0 spiro atoms. The molecule has 2 atom stereocenters. The van der Waals surface area contributed by atoms with E-state index in [0.717, 1.165) is 17.0 Å². The number of aryl methyl sites for hydroxylation is 3. The Morgan fingerprint density at radius 3 is 2.10 bits per heavy atom. The molecule has 2 unspecified atom stereocenters. The van der Waals surface area contributed by atoms with Gasteiger partial charge in [-0.15, -0.1) is 0 Å². The molecule has 0 saturated carbocycles.